The van der Waals surface area contributed by atoms with Gasteiger partial charge in [-0.2, -0.15) is 0 Å². The second-order valence-electron chi connectivity index (χ2n) is 4.75. The van der Waals surface area contributed by atoms with E-state index in [9.17, 15) is 0 Å². The first-order valence-electron chi connectivity index (χ1n) is 5.82. The highest BCUT2D eigenvalue weighted by Gasteiger charge is 2.38. The monoisotopic (exact) mass is 236 g/mol. The van der Waals surface area contributed by atoms with Crippen LogP contribution in [-0.4, -0.2) is 40.5 Å². The van der Waals surface area contributed by atoms with Gasteiger partial charge in [-0.25, -0.2) is 0 Å². The Kier molecular flexibility index (Phi) is 3.54. The van der Waals surface area contributed by atoms with Crippen molar-refractivity contribution in [2.24, 2.45) is 11.1 Å². The Labute approximate surface area is 102 Å². The van der Waals surface area contributed by atoms with E-state index in [4.69, 9.17) is 15.2 Å². The fraction of sp³-hybridized carbons (Fsp3) is 0.538. The van der Waals surface area contributed by atoms with Gasteiger partial charge >= 0.3 is 0 Å². The summed E-state index contributed by atoms with van der Waals surface area (Å²) < 4.78 is 10.4. The molecule has 94 valence electrons. The van der Waals surface area contributed by atoms with Gasteiger partial charge in [0.1, 0.15) is 5.75 Å². The van der Waals surface area contributed by atoms with Gasteiger partial charge < -0.3 is 20.1 Å². The van der Waals surface area contributed by atoms with E-state index in [0.717, 1.165) is 25.5 Å². The number of hydrogen-bond donors (Lipinski definition) is 1. The minimum absolute atomic E-state index is 0.134. The van der Waals surface area contributed by atoms with Crippen molar-refractivity contribution in [2.75, 3.05) is 45.4 Å². The largest absolute Gasteiger partial charge is 0.497 e. The summed E-state index contributed by atoms with van der Waals surface area (Å²) in [6.07, 6.45) is 0. The minimum atomic E-state index is 0.134. The average Bonchev–Trinajstić information content (AvgIpc) is 2.33. The molecule has 17 heavy (non-hydrogen) atoms. The van der Waals surface area contributed by atoms with Crippen LogP contribution < -0.4 is 15.4 Å². The third-order valence-electron chi connectivity index (χ3n) is 3.34. The predicted octanol–water partition coefficient (Wildman–Crippen LogP) is 1.11. The lowest BCUT2D eigenvalue weighted by atomic mass is 9.85. The Morgan fingerprint density at radius 1 is 1.35 bits per heavy atom. The van der Waals surface area contributed by atoms with E-state index in [0.29, 0.717) is 6.54 Å². The summed E-state index contributed by atoms with van der Waals surface area (Å²) in [4.78, 5) is 2.22. The molecule has 0 unspecified atom stereocenters. The third-order valence-corrected chi connectivity index (χ3v) is 3.34. The molecule has 0 bridgehead atoms. The molecule has 4 nitrogen and oxygen atoms in total. The maximum absolute atomic E-state index is 5.81. The minimum Gasteiger partial charge on any atom is -0.497 e. The van der Waals surface area contributed by atoms with Crippen molar-refractivity contribution in [3.05, 3.63) is 24.3 Å². The van der Waals surface area contributed by atoms with Gasteiger partial charge in [0, 0.05) is 31.2 Å². The van der Waals surface area contributed by atoms with Gasteiger partial charge in [-0.3, -0.25) is 0 Å². The Balaban J connectivity index is 2.01. The molecule has 0 aromatic heterocycles. The molecule has 0 radical (unpaired) electrons. The molecule has 1 aliphatic rings. The van der Waals surface area contributed by atoms with E-state index >= 15 is 0 Å². The van der Waals surface area contributed by atoms with Crippen LogP contribution in [-0.2, 0) is 4.74 Å². The van der Waals surface area contributed by atoms with Crippen LogP contribution in [0.3, 0.4) is 0 Å². The van der Waals surface area contributed by atoms with E-state index in [1.54, 1.807) is 7.11 Å². The van der Waals surface area contributed by atoms with Gasteiger partial charge in [0.2, 0.25) is 0 Å². The summed E-state index contributed by atoms with van der Waals surface area (Å²) in [5, 5.41) is 0. The summed E-state index contributed by atoms with van der Waals surface area (Å²) in [6.45, 7) is 3.14. The normalized spacial score (nSPS) is 17.4. The van der Waals surface area contributed by atoms with Crippen LogP contribution >= 0.6 is 0 Å². The number of benzene rings is 1. The van der Waals surface area contributed by atoms with Gasteiger partial charge in [0.15, 0.2) is 0 Å². The first-order valence-corrected chi connectivity index (χ1v) is 5.82. The number of nitrogens with two attached hydrogens (primary N) is 1. The summed E-state index contributed by atoms with van der Waals surface area (Å²) in [7, 11) is 3.76. The van der Waals surface area contributed by atoms with E-state index in [1.165, 1.54) is 5.69 Å². The SMILES string of the molecule is COc1ccc(N(C)CC2(CN)COC2)cc1. The molecule has 1 aliphatic heterocycles. The molecule has 0 aliphatic carbocycles. The van der Waals surface area contributed by atoms with E-state index < -0.39 is 0 Å². The molecule has 4 heteroatoms. The van der Waals surface area contributed by atoms with Crippen LogP contribution in [0.2, 0.25) is 0 Å². The van der Waals surface area contributed by atoms with E-state index in [1.807, 2.05) is 12.1 Å². The van der Waals surface area contributed by atoms with E-state index in [-0.39, 0.29) is 5.41 Å². The van der Waals surface area contributed by atoms with Crippen LogP contribution in [0.5, 0.6) is 5.75 Å². The van der Waals surface area contributed by atoms with Crippen molar-refractivity contribution >= 4 is 5.69 Å². The van der Waals surface area contributed by atoms with Crippen LogP contribution in [0, 0.1) is 5.41 Å². The number of anilines is 1. The summed E-state index contributed by atoms with van der Waals surface area (Å²) in [6, 6.07) is 8.06. The highest BCUT2D eigenvalue weighted by molar-refractivity contribution is 5.48. The highest BCUT2D eigenvalue weighted by Crippen LogP contribution is 2.29. The van der Waals surface area contributed by atoms with Crippen LogP contribution in [0.15, 0.2) is 24.3 Å². The summed E-state index contributed by atoms with van der Waals surface area (Å²) in [5.41, 5.74) is 7.12. The molecule has 0 spiro atoms. The molecule has 1 aromatic rings. The average molecular weight is 236 g/mol. The van der Waals surface area contributed by atoms with Gasteiger partial charge in [-0.15, -0.1) is 0 Å². The van der Waals surface area contributed by atoms with Gasteiger partial charge in [0.25, 0.3) is 0 Å². The van der Waals surface area contributed by atoms with Crippen molar-refractivity contribution in [3.63, 3.8) is 0 Å². The number of hydrogen-bond acceptors (Lipinski definition) is 4. The quantitative estimate of drug-likeness (QED) is 0.832. The number of rotatable bonds is 5. The Morgan fingerprint density at radius 2 is 2.00 bits per heavy atom. The zero-order chi connectivity index (χ0) is 12.3. The molecular formula is C13H20N2O2. The Hall–Kier alpha value is -1.26. The topological polar surface area (TPSA) is 47.7 Å². The smallest absolute Gasteiger partial charge is 0.119 e. The third kappa shape index (κ3) is 2.53. The van der Waals surface area contributed by atoms with Crippen LogP contribution in [0.25, 0.3) is 0 Å². The molecule has 2 rings (SSSR count). The van der Waals surface area contributed by atoms with Crippen molar-refractivity contribution in [3.8, 4) is 5.75 Å². The van der Waals surface area contributed by atoms with Gasteiger partial charge in [-0.05, 0) is 24.3 Å². The van der Waals surface area contributed by atoms with Crippen molar-refractivity contribution in [1.29, 1.82) is 0 Å². The lowest BCUT2D eigenvalue weighted by Gasteiger charge is -2.43. The molecular weight excluding hydrogens is 216 g/mol. The maximum Gasteiger partial charge on any atom is 0.119 e. The highest BCUT2D eigenvalue weighted by atomic mass is 16.5. The van der Waals surface area contributed by atoms with Crippen LogP contribution in [0.1, 0.15) is 0 Å². The molecule has 0 atom stereocenters. The van der Waals surface area contributed by atoms with Crippen molar-refractivity contribution in [1.82, 2.24) is 0 Å². The fourth-order valence-electron chi connectivity index (χ4n) is 2.10. The first kappa shape index (κ1) is 12.2. The second kappa shape index (κ2) is 4.94. The van der Waals surface area contributed by atoms with Crippen LogP contribution in [0.4, 0.5) is 5.69 Å². The lowest BCUT2D eigenvalue weighted by molar-refractivity contribution is -0.101. The zero-order valence-corrected chi connectivity index (χ0v) is 10.5. The fourth-order valence-corrected chi connectivity index (χ4v) is 2.10. The van der Waals surface area contributed by atoms with E-state index in [2.05, 4.69) is 24.1 Å². The summed E-state index contributed by atoms with van der Waals surface area (Å²) in [5.74, 6) is 0.877. The molecule has 1 saturated heterocycles. The number of nitrogens with zero attached hydrogens (tertiary/aromatic N) is 1. The molecule has 0 saturated carbocycles. The maximum atomic E-state index is 5.81. The molecule has 1 fully saturated rings. The standard InChI is InChI=1S/C13H20N2O2/c1-15(8-13(7-14)9-17-10-13)11-3-5-12(16-2)6-4-11/h3-6H,7-10,14H2,1-2H3. The first-order chi connectivity index (χ1) is 8.19. The molecule has 2 N–H and O–H groups in total. The van der Waals surface area contributed by atoms with Gasteiger partial charge in [-0.1, -0.05) is 0 Å². The molecule has 1 aromatic carbocycles. The van der Waals surface area contributed by atoms with Crippen molar-refractivity contribution < 1.29 is 9.47 Å². The van der Waals surface area contributed by atoms with Gasteiger partial charge in [0.05, 0.1) is 20.3 Å². The number of methoxy groups -OCH3 is 1. The molecule has 1 heterocycles. The summed E-state index contributed by atoms with van der Waals surface area (Å²) >= 11 is 0. The number of ether oxygens (including phenoxy) is 2. The zero-order valence-electron chi connectivity index (χ0n) is 10.5. The Bertz CT molecular complexity index is 355. The lowest BCUT2D eigenvalue weighted by Crippen LogP contribution is -2.54. The second-order valence-corrected chi connectivity index (χ2v) is 4.75. The van der Waals surface area contributed by atoms with Crippen molar-refractivity contribution in [2.45, 2.75) is 0 Å². The predicted molar refractivity (Wildman–Crippen MR) is 68.6 cm³/mol. The Morgan fingerprint density at radius 3 is 2.41 bits per heavy atom. The molecule has 0 amide bonds.